The van der Waals surface area contributed by atoms with Crippen LogP contribution < -0.4 is 5.73 Å². The number of ether oxygens (including phenoxy) is 1. The van der Waals surface area contributed by atoms with Crippen molar-refractivity contribution in [3.05, 3.63) is 24.0 Å². The van der Waals surface area contributed by atoms with Crippen LogP contribution in [0.2, 0.25) is 0 Å². The van der Waals surface area contributed by atoms with E-state index in [2.05, 4.69) is 15.5 Å². The van der Waals surface area contributed by atoms with Crippen molar-refractivity contribution in [1.82, 2.24) is 20.2 Å². The minimum atomic E-state index is -0.404. The maximum Gasteiger partial charge on any atom is 0.182 e. The molecule has 7 heteroatoms. The number of halogens is 1. The lowest BCUT2D eigenvalue weighted by Gasteiger charge is -2.05. The molecule has 19 heavy (non-hydrogen) atoms. The van der Waals surface area contributed by atoms with Gasteiger partial charge in [-0.15, -0.1) is 5.10 Å². The summed E-state index contributed by atoms with van der Waals surface area (Å²) in [6.45, 7) is 3.88. The van der Waals surface area contributed by atoms with E-state index in [-0.39, 0.29) is 0 Å². The minimum absolute atomic E-state index is 0.346. The Morgan fingerprint density at radius 3 is 2.95 bits per heavy atom. The predicted molar refractivity (Wildman–Crippen MR) is 68.7 cm³/mol. The number of anilines is 1. The third kappa shape index (κ3) is 3.47. The summed E-state index contributed by atoms with van der Waals surface area (Å²) in [6.07, 6.45) is 0.788. The first kappa shape index (κ1) is 13.4. The van der Waals surface area contributed by atoms with Crippen LogP contribution in [0.5, 0.6) is 0 Å². The standard InChI is InChI=1S/C12H16FN5O/c1-2-19-5-3-4-18-12(15-16-17-18)9-6-10(13)8-11(14)7-9/h6-8H,2-5,14H2,1H3. The van der Waals surface area contributed by atoms with Gasteiger partial charge >= 0.3 is 0 Å². The predicted octanol–water partition coefficient (Wildman–Crippen LogP) is 1.49. The highest BCUT2D eigenvalue weighted by Gasteiger charge is 2.10. The van der Waals surface area contributed by atoms with Crippen LogP contribution in [-0.2, 0) is 11.3 Å². The normalized spacial score (nSPS) is 10.8. The maximum absolute atomic E-state index is 13.3. The molecule has 0 saturated heterocycles. The average Bonchev–Trinajstić information content (AvgIpc) is 2.82. The summed E-state index contributed by atoms with van der Waals surface area (Å²) in [4.78, 5) is 0. The van der Waals surface area contributed by atoms with Crippen LogP contribution in [0.1, 0.15) is 13.3 Å². The number of nitrogens with zero attached hydrogens (tertiary/aromatic N) is 4. The molecule has 1 heterocycles. The Balaban J connectivity index is 2.14. The first-order chi connectivity index (χ1) is 9.20. The largest absolute Gasteiger partial charge is 0.399 e. The molecule has 0 atom stereocenters. The highest BCUT2D eigenvalue weighted by atomic mass is 19.1. The van der Waals surface area contributed by atoms with Crippen molar-refractivity contribution in [2.24, 2.45) is 0 Å². The van der Waals surface area contributed by atoms with E-state index in [1.54, 1.807) is 10.7 Å². The van der Waals surface area contributed by atoms with Crippen molar-refractivity contribution in [2.45, 2.75) is 19.9 Å². The van der Waals surface area contributed by atoms with Gasteiger partial charge in [-0.25, -0.2) is 9.07 Å². The Kier molecular flexibility index (Phi) is 4.40. The fourth-order valence-electron chi connectivity index (χ4n) is 1.76. The summed E-state index contributed by atoms with van der Waals surface area (Å²) in [5.74, 6) is 0.0987. The van der Waals surface area contributed by atoms with E-state index in [4.69, 9.17) is 10.5 Å². The van der Waals surface area contributed by atoms with Gasteiger partial charge in [0.05, 0.1) is 0 Å². The molecule has 102 valence electrons. The molecule has 2 N–H and O–H groups in total. The molecule has 0 aliphatic carbocycles. The fraction of sp³-hybridized carbons (Fsp3) is 0.417. The molecule has 0 spiro atoms. The zero-order valence-electron chi connectivity index (χ0n) is 10.7. The van der Waals surface area contributed by atoms with Crippen molar-refractivity contribution in [2.75, 3.05) is 18.9 Å². The number of nitrogens with two attached hydrogens (primary N) is 1. The summed E-state index contributed by atoms with van der Waals surface area (Å²) in [5, 5.41) is 11.4. The van der Waals surface area contributed by atoms with Gasteiger partial charge in [0.25, 0.3) is 0 Å². The summed E-state index contributed by atoms with van der Waals surface area (Å²) < 4.78 is 20.2. The number of rotatable bonds is 6. The molecule has 0 amide bonds. The van der Waals surface area contributed by atoms with Gasteiger partial charge < -0.3 is 10.5 Å². The zero-order chi connectivity index (χ0) is 13.7. The molecular formula is C12H16FN5O. The molecule has 2 aromatic rings. The van der Waals surface area contributed by atoms with E-state index in [1.165, 1.54) is 12.1 Å². The Hall–Kier alpha value is -2.02. The number of aromatic nitrogens is 4. The third-order valence-electron chi connectivity index (χ3n) is 2.57. The average molecular weight is 265 g/mol. The second kappa shape index (κ2) is 6.24. The first-order valence-electron chi connectivity index (χ1n) is 6.11. The van der Waals surface area contributed by atoms with E-state index >= 15 is 0 Å². The van der Waals surface area contributed by atoms with Crippen molar-refractivity contribution in [1.29, 1.82) is 0 Å². The highest BCUT2D eigenvalue weighted by Crippen LogP contribution is 2.20. The summed E-state index contributed by atoms with van der Waals surface area (Å²) in [5.41, 5.74) is 6.53. The lowest BCUT2D eigenvalue weighted by molar-refractivity contribution is 0.140. The summed E-state index contributed by atoms with van der Waals surface area (Å²) in [7, 11) is 0. The molecule has 0 aliphatic heterocycles. The Morgan fingerprint density at radius 1 is 1.37 bits per heavy atom. The molecule has 0 fully saturated rings. The number of hydrogen-bond donors (Lipinski definition) is 1. The molecule has 1 aromatic carbocycles. The summed E-state index contributed by atoms with van der Waals surface area (Å²) >= 11 is 0. The van der Waals surface area contributed by atoms with Crippen LogP contribution >= 0.6 is 0 Å². The lowest BCUT2D eigenvalue weighted by Crippen LogP contribution is -2.06. The van der Waals surface area contributed by atoms with E-state index in [0.717, 1.165) is 6.42 Å². The van der Waals surface area contributed by atoms with Crippen molar-refractivity contribution < 1.29 is 9.13 Å². The van der Waals surface area contributed by atoms with Gasteiger partial charge in [-0.1, -0.05) is 0 Å². The van der Waals surface area contributed by atoms with Gasteiger partial charge in [0.2, 0.25) is 0 Å². The van der Waals surface area contributed by atoms with Crippen LogP contribution in [0.15, 0.2) is 18.2 Å². The Morgan fingerprint density at radius 2 is 2.21 bits per heavy atom. The van der Waals surface area contributed by atoms with Gasteiger partial charge in [0, 0.05) is 31.0 Å². The van der Waals surface area contributed by atoms with E-state index in [1.807, 2.05) is 6.92 Å². The van der Waals surface area contributed by atoms with E-state index in [0.29, 0.717) is 36.8 Å². The van der Waals surface area contributed by atoms with Gasteiger partial charge in [-0.05, 0) is 42.0 Å². The molecule has 2 rings (SSSR count). The second-order valence-electron chi connectivity index (χ2n) is 4.05. The van der Waals surface area contributed by atoms with Crippen molar-refractivity contribution in [3.63, 3.8) is 0 Å². The zero-order valence-corrected chi connectivity index (χ0v) is 10.7. The van der Waals surface area contributed by atoms with Crippen LogP contribution in [0.3, 0.4) is 0 Å². The third-order valence-corrected chi connectivity index (χ3v) is 2.57. The molecular weight excluding hydrogens is 249 g/mol. The smallest absolute Gasteiger partial charge is 0.182 e. The molecule has 1 aromatic heterocycles. The molecule has 0 radical (unpaired) electrons. The molecule has 0 bridgehead atoms. The van der Waals surface area contributed by atoms with Crippen LogP contribution in [0, 0.1) is 5.82 Å². The van der Waals surface area contributed by atoms with Gasteiger partial charge in [-0.2, -0.15) is 0 Å². The number of aryl methyl sites for hydroxylation is 1. The van der Waals surface area contributed by atoms with Crippen molar-refractivity contribution in [3.8, 4) is 11.4 Å². The lowest BCUT2D eigenvalue weighted by atomic mass is 10.2. The number of hydrogen-bond acceptors (Lipinski definition) is 5. The highest BCUT2D eigenvalue weighted by molar-refractivity contribution is 5.61. The Labute approximate surface area is 110 Å². The molecule has 0 unspecified atom stereocenters. The van der Waals surface area contributed by atoms with Gasteiger partial charge in [-0.3, -0.25) is 0 Å². The second-order valence-corrected chi connectivity index (χ2v) is 4.05. The molecule has 0 aliphatic rings. The summed E-state index contributed by atoms with van der Waals surface area (Å²) in [6, 6.07) is 4.27. The first-order valence-corrected chi connectivity index (χ1v) is 6.11. The van der Waals surface area contributed by atoms with E-state index < -0.39 is 5.82 Å². The minimum Gasteiger partial charge on any atom is -0.399 e. The van der Waals surface area contributed by atoms with Crippen LogP contribution in [-0.4, -0.2) is 33.4 Å². The molecule has 0 saturated carbocycles. The monoisotopic (exact) mass is 265 g/mol. The molecule has 6 nitrogen and oxygen atoms in total. The Bertz CT molecular complexity index is 522. The number of tetrazole rings is 1. The fourth-order valence-corrected chi connectivity index (χ4v) is 1.76. The van der Waals surface area contributed by atoms with E-state index in [9.17, 15) is 4.39 Å². The number of benzene rings is 1. The SMILES string of the molecule is CCOCCCn1nnnc1-c1cc(N)cc(F)c1. The van der Waals surface area contributed by atoms with Crippen LogP contribution in [0.25, 0.3) is 11.4 Å². The maximum atomic E-state index is 13.3. The van der Waals surface area contributed by atoms with Crippen LogP contribution in [0.4, 0.5) is 10.1 Å². The topological polar surface area (TPSA) is 78.8 Å². The number of nitrogen functional groups attached to an aromatic ring is 1. The quantitative estimate of drug-likeness (QED) is 0.632. The van der Waals surface area contributed by atoms with Crippen molar-refractivity contribution >= 4 is 5.69 Å². The van der Waals surface area contributed by atoms with Gasteiger partial charge in [0.1, 0.15) is 5.82 Å². The van der Waals surface area contributed by atoms with Gasteiger partial charge in [0.15, 0.2) is 5.82 Å².